The van der Waals surface area contributed by atoms with Gasteiger partial charge in [-0.3, -0.25) is 14.2 Å². The molecule has 186 valence electrons. The van der Waals surface area contributed by atoms with Crippen molar-refractivity contribution in [3.8, 4) is 22.7 Å². The SMILES string of the molecule is Cc1cc(-c2nn(-c3ccccc3)cc2/C=C2\SC(=S)N(CCS(=O)(=O)O)C2=O)cc2c1OC(C)C2. The van der Waals surface area contributed by atoms with Crippen molar-refractivity contribution in [3.63, 3.8) is 0 Å². The van der Waals surface area contributed by atoms with E-state index in [1.165, 1.54) is 4.90 Å². The second-order valence-electron chi connectivity index (χ2n) is 8.75. The molecule has 2 aliphatic heterocycles. The van der Waals surface area contributed by atoms with Crippen LogP contribution in [-0.4, -0.2) is 56.3 Å². The molecule has 2 aromatic carbocycles. The van der Waals surface area contributed by atoms with Gasteiger partial charge in [-0.2, -0.15) is 13.5 Å². The van der Waals surface area contributed by atoms with Gasteiger partial charge in [0, 0.05) is 30.3 Å². The number of ether oxygens (including phenoxy) is 1. The zero-order chi connectivity index (χ0) is 25.6. The molecule has 1 fully saturated rings. The van der Waals surface area contributed by atoms with E-state index in [2.05, 4.69) is 6.07 Å². The zero-order valence-electron chi connectivity index (χ0n) is 19.5. The summed E-state index contributed by atoms with van der Waals surface area (Å²) in [6.45, 7) is 3.84. The topological polar surface area (TPSA) is 102 Å². The van der Waals surface area contributed by atoms with E-state index in [4.69, 9.17) is 26.6 Å². The molecule has 0 saturated carbocycles. The third kappa shape index (κ3) is 4.96. The lowest BCUT2D eigenvalue weighted by Gasteiger charge is -2.12. The third-order valence-electron chi connectivity index (χ3n) is 5.95. The molecule has 5 rings (SSSR count). The fourth-order valence-electron chi connectivity index (χ4n) is 4.33. The van der Waals surface area contributed by atoms with Crippen molar-refractivity contribution in [2.24, 2.45) is 0 Å². The molecule has 0 bridgehead atoms. The van der Waals surface area contributed by atoms with Crippen LogP contribution >= 0.6 is 24.0 Å². The molecular weight excluding hydrogens is 518 g/mol. The Kier molecular flexibility index (Phi) is 6.50. The number of aryl methyl sites for hydroxylation is 1. The molecule has 1 unspecified atom stereocenters. The fourth-order valence-corrected chi connectivity index (χ4v) is 6.04. The average Bonchev–Trinajstić information content (AvgIpc) is 3.48. The van der Waals surface area contributed by atoms with Gasteiger partial charge in [-0.05, 0) is 55.3 Å². The van der Waals surface area contributed by atoms with Crippen LogP contribution in [0.2, 0.25) is 0 Å². The monoisotopic (exact) mass is 541 g/mol. The Bertz CT molecular complexity index is 1510. The van der Waals surface area contributed by atoms with Crippen LogP contribution in [0.4, 0.5) is 0 Å². The van der Waals surface area contributed by atoms with Crippen molar-refractivity contribution in [2.45, 2.75) is 26.4 Å². The number of para-hydroxylation sites is 1. The van der Waals surface area contributed by atoms with Gasteiger partial charge >= 0.3 is 0 Å². The summed E-state index contributed by atoms with van der Waals surface area (Å²) in [5.41, 5.74) is 5.34. The molecular formula is C25H23N3O5S3. The highest BCUT2D eigenvalue weighted by molar-refractivity contribution is 8.26. The standard InChI is InChI=1S/C25H23N3O5S3/c1-15-10-17(12-18-11-16(2)33-23(15)18)22-19(14-28(26-22)20-6-4-3-5-7-20)13-21-24(29)27(25(34)35-21)8-9-36(30,31)32/h3-7,10,12-14,16H,8-9,11H2,1-2H3,(H,30,31,32)/b21-13-. The number of carbonyl (C=O) groups excluding carboxylic acids is 1. The number of benzene rings is 2. The number of thioether (sulfide) groups is 1. The molecule has 8 nitrogen and oxygen atoms in total. The Morgan fingerprint density at radius 2 is 2.03 bits per heavy atom. The Balaban J connectivity index is 1.57. The minimum Gasteiger partial charge on any atom is -0.490 e. The lowest BCUT2D eigenvalue weighted by molar-refractivity contribution is -0.121. The molecule has 0 spiro atoms. The van der Waals surface area contributed by atoms with Crippen molar-refractivity contribution in [1.29, 1.82) is 0 Å². The lowest BCUT2D eigenvalue weighted by atomic mass is 9.99. The predicted molar refractivity (Wildman–Crippen MR) is 144 cm³/mol. The van der Waals surface area contributed by atoms with Crippen molar-refractivity contribution in [3.05, 3.63) is 70.3 Å². The normalized spacial score (nSPS) is 18.7. The van der Waals surface area contributed by atoms with Crippen LogP contribution < -0.4 is 4.74 Å². The summed E-state index contributed by atoms with van der Waals surface area (Å²) in [6.07, 6.45) is 4.51. The Morgan fingerprint density at radius 3 is 2.75 bits per heavy atom. The van der Waals surface area contributed by atoms with E-state index < -0.39 is 21.8 Å². The van der Waals surface area contributed by atoms with Gasteiger partial charge in [-0.15, -0.1) is 0 Å². The smallest absolute Gasteiger partial charge is 0.266 e. The molecule has 0 radical (unpaired) electrons. The first-order valence-electron chi connectivity index (χ1n) is 11.3. The van der Waals surface area contributed by atoms with Crippen molar-refractivity contribution in [2.75, 3.05) is 12.3 Å². The van der Waals surface area contributed by atoms with Gasteiger partial charge in [0.25, 0.3) is 16.0 Å². The van der Waals surface area contributed by atoms with Gasteiger partial charge < -0.3 is 4.74 Å². The fraction of sp³-hybridized carbons (Fsp3) is 0.240. The van der Waals surface area contributed by atoms with Crippen LogP contribution in [0.5, 0.6) is 5.75 Å². The van der Waals surface area contributed by atoms with Crippen LogP contribution in [0.15, 0.2) is 53.6 Å². The highest BCUT2D eigenvalue weighted by Crippen LogP contribution is 2.39. The predicted octanol–water partition coefficient (Wildman–Crippen LogP) is 4.26. The molecule has 3 aromatic rings. The van der Waals surface area contributed by atoms with Crippen LogP contribution in [-0.2, 0) is 21.3 Å². The van der Waals surface area contributed by atoms with Gasteiger partial charge in [0.2, 0.25) is 0 Å². The van der Waals surface area contributed by atoms with E-state index in [0.29, 0.717) is 10.6 Å². The molecule has 3 heterocycles. The number of hydrogen-bond acceptors (Lipinski definition) is 7. The average molecular weight is 542 g/mol. The first-order chi connectivity index (χ1) is 17.1. The molecule has 1 atom stereocenters. The minimum atomic E-state index is -4.22. The molecule has 1 N–H and O–H groups in total. The number of amides is 1. The summed E-state index contributed by atoms with van der Waals surface area (Å²) in [7, 11) is -4.22. The summed E-state index contributed by atoms with van der Waals surface area (Å²) in [4.78, 5) is 14.6. The van der Waals surface area contributed by atoms with Gasteiger partial charge in [-0.25, -0.2) is 4.68 Å². The minimum absolute atomic E-state index is 0.111. The summed E-state index contributed by atoms with van der Waals surface area (Å²) in [5, 5.41) is 4.86. The van der Waals surface area contributed by atoms with Gasteiger partial charge in [0.15, 0.2) is 0 Å². The quantitative estimate of drug-likeness (QED) is 0.281. The van der Waals surface area contributed by atoms with E-state index >= 15 is 0 Å². The van der Waals surface area contributed by atoms with E-state index in [-0.39, 0.29) is 17.0 Å². The molecule has 1 amide bonds. The maximum atomic E-state index is 13.0. The molecule has 1 saturated heterocycles. The summed E-state index contributed by atoms with van der Waals surface area (Å²) in [6, 6.07) is 13.8. The maximum absolute atomic E-state index is 13.0. The van der Waals surface area contributed by atoms with E-state index in [1.54, 1.807) is 10.8 Å². The number of carbonyl (C=O) groups is 1. The largest absolute Gasteiger partial charge is 0.490 e. The number of thiocarbonyl (C=S) groups is 1. The van der Waals surface area contributed by atoms with E-state index in [0.717, 1.165) is 51.9 Å². The van der Waals surface area contributed by atoms with E-state index in [1.807, 2.05) is 56.4 Å². The second kappa shape index (κ2) is 9.47. The number of nitrogens with zero attached hydrogens (tertiary/aromatic N) is 3. The zero-order valence-corrected chi connectivity index (χ0v) is 22.0. The summed E-state index contributed by atoms with van der Waals surface area (Å²) in [5.74, 6) is -0.0758. The van der Waals surface area contributed by atoms with Gasteiger partial charge in [0.05, 0.1) is 16.3 Å². The Morgan fingerprint density at radius 1 is 1.28 bits per heavy atom. The Labute approximate surface area is 218 Å². The Hall–Kier alpha value is -2.99. The summed E-state index contributed by atoms with van der Waals surface area (Å²) < 4.78 is 39.4. The van der Waals surface area contributed by atoms with Gasteiger partial charge in [-0.1, -0.05) is 42.2 Å². The van der Waals surface area contributed by atoms with Crippen LogP contribution in [0.25, 0.3) is 23.0 Å². The molecule has 1 aromatic heterocycles. The molecule has 11 heteroatoms. The lowest BCUT2D eigenvalue weighted by Crippen LogP contribution is -2.32. The first kappa shape index (κ1) is 24.7. The number of hydrogen-bond donors (Lipinski definition) is 1. The number of rotatable bonds is 6. The van der Waals surface area contributed by atoms with Crippen LogP contribution in [0.3, 0.4) is 0 Å². The molecule has 2 aliphatic rings. The molecule has 0 aliphatic carbocycles. The van der Waals surface area contributed by atoms with Gasteiger partial charge in [0.1, 0.15) is 21.9 Å². The highest BCUT2D eigenvalue weighted by Gasteiger charge is 2.33. The third-order valence-corrected chi connectivity index (χ3v) is 8.02. The van der Waals surface area contributed by atoms with E-state index in [9.17, 15) is 13.2 Å². The van der Waals surface area contributed by atoms with Crippen molar-refractivity contribution < 1.29 is 22.5 Å². The first-order valence-corrected chi connectivity index (χ1v) is 14.1. The second-order valence-corrected chi connectivity index (χ2v) is 12.0. The van der Waals surface area contributed by atoms with Crippen molar-refractivity contribution in [1.82, 2.24) is 14.7 Å². The number of aromatic nitrogens is 2. The molecule has 36 heavy (non-hydrogen) atoms. The van der Waals surface area contributed by atoms with Crippen molar-refractivity contribution >= 4 is 50.4 Å². The van der Waals surface area contributed by atoms with Crippen LogP contribution in [0.1, 0.15) is 23.6 Å². The number of fused-ring (bicyclic) bond motifs is 1. The summed E-state index contributed by atoms with van der Waals surface area (Å²) >= 11 is 6.40. The highest BCUT2D eigenvalue weighted by atomic mass is 32.2. The van der Waals surface area contributed by atoms with Crippen LogP contribution in [0, 0.1) is 6.92 Å². The maximum Gasteiger partial charge on any atom is 0.266 e.